The second-order valence-electron chi connectivity index (χ2n) is 4.74. The Morgan fingerprint density at radius 3 is 2.78 bits per heavy atom. The third kappa shape index (κ3) is 2.51. The number of aromatic nitrogens is 1. The van der Waals surface area contributed by atoms with Gasteiger partial charge in [-0.2, -0.15) is 0 Å². The van der Waals surface area contributed by atoms with Crippen LogP contribution in [0.1, 0.15) is 18.5 Å². The molecule has 1 heterocycles. The Morgan fingerprint density at radius 1 is 1.56 bits per heavy atom. The SMILES string of the molecule is CN(CCc1ccccn1)C(=O)C1(C(N)=S)CC1. The Labute approximate surface area is 112 Å². The minimum Gasteiger partial charge on any atom is -0.392 e. The average Bonchev–Trinajstić information content (AvgIpc) is 3.17. The summed E-state index contributed by atoms with van der Waals surface area (Å²) in [7, 11) is 1.80. The summed E-state index contributed by atoms with van der Waals surface area (Å²) in [5, 5.41) is 0. The zero-order valence-electron chi connectivity index (χ0n) is 10.4. The van der Waals surface area contributed by atoms with Gasteiger partial charge in [-0.05, 0) is 25.0 Å². The van der Waals surface area contributed by atoms with Crippen LogP contribution in [0.4, 0.5) is 0 Å². The molecule has 1 aliphatic carbocycles. The summed E-state index contributed by atoms with van der Waals surface area (Å²) in [5.74, 6) is 0.0472. The van der Waals surface area contributed by atoms with E-state index >= 15 is 0 Å². The molecule has 96 valence electrons. The van der Waals surface area contributed by atoms with Gasteiger partial charge in [0.2, 0.25) is 5.91 Å². The molecule has 0 spiro atoms. The lowest BCUT2D eigenvalue weighted by molar-refractivity contribution is -0.133. The smallest absolute Gasteiger partial charge is 0.235 e. The molecule has 0 unspecified atom stereocenters. The van der Waals surface area contributed by atoms with Gasteiger partial charge in [0.25, 0.3) is 0 Å². The normalized spacial score (nSPS) is 16.1. The molecule has 0 aromatic carbocycles. The fourth-order valence-corrected chi connectivity index (χ4v) is 2.28. The van der Waals surface area contributed by atoms with Gasteiger partial charge in [-0.25, -0.2) is 0 Å². The van der Waals surface area contributed by atoms with Gasteiger partial charge in [0.1, 0.15) is 0 Å². The Kier molecular flexibility index (Phi) is 3.61. The van der Waals surface area contributed by atoms with Gasteiger partial charge in [0.15, 0.2) is 0 Å². The lowest BCUT2D eigenvalue weighted by Crippen LogP contribution is -2.41. The first kappa shape index (κ1) is 13.0. The number of nitrogens with two attached hydrogens (primary N) is 1. The number of likely N-dealkylation sites (N-methyl/N-ethyl adjacent to an activating group) is 1. The Bertz CT molecular complexity index is 457. The van der Waals surface area contributed by atoms with Crippen LogP contribution in [-0.2, 0) is 11.2 Å². The second-order valence-corrected chi connectivity index (χ2v) is 5.18. The van der Waals surface area contributed by atoms with Crippen molar-refractivity contribution < 1.29 is 4.79 Å². The third-order valence-electron chi connectivity index (χ3n) is 3.41. The van der Waals surface area contributed by atoms with Crippen molar-refractivity contribution in [1.29, 1.82) is 0 Å². The van der Waals surface area contributed by atoms with Crippen LogP contribution in [0, 0.1) is 5.41 Å². The monoisotopic (exact) mass is 263 g/mol. The number of hydrogen-bond acceptors (Lipinski definition) is 3. The highest BCUT2D eigenvalue weighted by molar-refractivity contribution is 7.80. The lowest BCUT2D eigenvalue weighted by Gasteiger charge is -2.22. The number of hydrogen-bond donors (Lipinski definition) is 1. The van der Waals surface area contributed by atoms with Gasteiger partial charge in [0.05, 0.1) is 10.4 Å². The molecular weight excluding hydrogens is 246 g/mol. The number of amides is 1. The predicted octanol–water partition coefficient (Wildman–Crippen LogP) is 1.15. The fourth-order valence-electron chi connectivity index (χ4n) is 1.99. The van der Waals surface area contributed by atoms with Crippen LogP contribution in [0.5, 0.6) is 0 Å². The number of rotatable bonds is 5. The molecule has 0 saturated heterocycles. The fraction of sp³-hybridized carbons (Fsp3) is 0.462. The molecule has 2 rings (SSSR count). The summed E-state index contributed by atoms with van der Waals surface area (Å²) in [5.41, 5.74) is 6.09. The van der Waals surface area contributed by atoms with Crippen molar-refractivity contribution in [1.82, 2.24) is 9.88 Å². The Balaban J connectivity index is 1.91. The quantitative estimate of drug-likeness (QED) is 0.810. The minimum atomic E-state index is -0.547. The first-order valence-electron chi connectivity index (χ1n) is 6.02. The zero-order chi connectivity index (χ0) is 13.2. The molecule has 0 atom stereocenters. The van der Waals surface area contributed by atoms with E-state index in [2.05, 4.69) is 4.98 Å². The molecule has 4 nitrogen and oxygen atoms in total. The number of nitrogens with zero attached hydrogens (tertiary/aromatic N) is 2. The van der Waals surface area contributed by atoms with E-state index in [0.717, 1.165) is 25.0 Å². The molecular formula is C13H17N3OS. The highest BCUT2D eigenvalue weighted by atomic mass is 32.1. The summed E-state index contributed by atoms with van der Waals surface area (Å²) >= 11 is 4.99. The van der Waals surface area contributed by atoms with Crippen LogP contribution in [0.2, 0.25) is 0 Å². The predicted molar refractivity (Wildman–Crippen MR) is 74.0 cm³/mol. The van der Waals surface area contributed by atoms with Crippen LogP contribution in [-0.4, -0.2) is 34.4 Å². The zero-order valence-corrected chi connectivity index (χ0v) is 11.2. The maximum absolute atomic E-state index is 12.2. The Morgan fingerprint density at radius 2 is 2.28 bits per heavy atom. The molecule has 0 bridgehead atoms. The summed E-state index contributed by atoms with van der Waals surface area (Å²) in [6, 6.07) is 5.78. The Hall–Kier alpha value is -1.49. The van der Waals surface area contributed by atoms with Crippen molar-refractivity contribution in [3.05, 3.63) is 30.1 Å². The van der Waals surface area contributed by atoms with Crippen molar-refractivity contribution in [3.8, 4) is 0 Å². The molecule has 1 aromatic heterocycles. The van der Waals surface area contributed by atoms with Gasteiger partial charge in [-0.1, -0.05) is 18.3 Å². The lowest BCUT2D eigenvalue weighted by atomic mass is 10.1. The van der Waals surface area contributed by atoms with Crippen molar-refractivity contribution in [2.24, 2.45) is 11.1 Å². The highest BCUT2D eigenvalue weighted by Crippen LogP contribution is 2.47. The summed E-state index contributed by atoms with van der Waals surface area (Å²) < 4.78 is 0. The number of thiocarbonyl (C=S) groups is 1. The van der Waals surface area contributed by atoms with Gasteiger partial charge >= 0.3 is 0 Å². The molecule has 18 heavy (non-hydrogen) atoms. The molecule has 0 radical (unpaired) electrons. The van der Waals surface area contributed by atoms with Crippen LogP contribution >= 0.6 is 12.2 Å². The third-order valence-corrected chi connectivity index (χ3v) is 3.80. The van der Waals surface area contributed by atoms with Crippen LogP contribution < -0.4 is 5.73 Å². The van der Waals surface area contributed by atoms with Crippen molar-refractivity contribution in [2.45, 2.75) is 19.3 Å². The molecule has 1 fully saturated rings. The molecule has 1 aromatic rings. The van der Waals surface area contributed by atoms with Gasteiger partial charge in [-0.3, -0.25) is 9.78 Å². The number of carbonyl (C=O) groups excluding carboxylic acids is 1. The van der Waals surface area contributed by atoms with Crippen molar-refractivity contribution in [2.75, 3.05) is 13.6 Å². The first-order valence-corrected chi connectivity index (χ1v) is 6.42. The average molecular weight is 263 g/mol. The van der Waals surface area contributed by atoms with Crippen LogP contribution in [0.3, 0.4) is 0 Å². The molecule has 1 amide bonds. The molecule has 5 heteroatoms. The maximum Gasteiger partial charge on any atom is 0.235 e. The first-order chi connectivity index (χ1) is 8.56. The second kappa shape index (κ2) is 5.02. The summed E-state index contributed by atoms with van der Waals surface area (Å²) in [6.07, 6.45) is 4.08. The van der Waals surface area contributed by atoms with Crippen LogP contribution in [0.25, 0.3) is 0 Å². The standard InChI is InChI=1S/C13H17N3OS/c1-16(9-5-10-4-2-3-8-15-10)12(17)13(6-7-13)11(14)18/h2-4,8H,5-7,9H2,1H3,(H2,14,18). The molecule has 1 aliphatic rings. The number of carbonyl (C=O) groups is 1. The minimum absolute atomic E-state index is 0.0472. The van der Waals surface area contributed by atoms with Gasteiger partial charge in [-0.15, -0.1) is 0 Å². The van der Waals surface area contributed by atoms with E-state index in [9.17, 15) is 4.79 Å². The largest absolute Gasteiger partial charge is 0.392 e. The van der Waals surface area contributed by atoms with Gasteiger partial charge in [0, 0.05) is 31.9 Å². The van der Waals surface area contributed by atoms with Crippen molar-refractivity contribution >= 4 is 23.1 Å². The van der Waals surface area contributed by atoms with E-state index in [1.54, 1.807) is 18.1 Å². The van der Waals surface area contributed by atoms with Crippen molar-refractivity contribution in [3.63, 3.8) is 0 Å². The maximum atomic E-state index is 12.2. The summed E-state index contributed by atoms with van der Waals surface area (Å²) in [6.45, 7) is 0.639. The van der Waals surface area contributed by atoms with E-state index in [0.29, 0.717) is 11.5 Å². The number of pyridine rings is 1. The van der Waals surface area contributed by atoms with E-state index in [1.807, 2.05) is 18.2 Å². The summed E-state index contributed by atoms with van der Waals surface area (Å²) in [4.78, 5) is 18.5. The van der Waals surface area contributed by atoms with E-state index < -0.39 is 5.41 Å². The van der Waals surface area contributed by atoms with E-state index in [4.69, 9.17) is 18.0 Å². The van der Waals surface area contributed by atoms with E-state index in [1.165, 1.54) is 0 Å². The molecule has 1 saturated carbocycles. The van der Waals surface area contributed by atoms with Crippen LogP contribution in [0.15, 0.2) is 24.4 Å². The highest BCUT2D eigenvalue weighted by Gasteiger charge is 2.53. The molecule has 0 aliphatic heterocycles. The molecule has 2 N–H and O–H groups in total. The van der Waals surface area contributed by atoms with E-state index in [-0.39, 0.29) is 5.91 Å². The van der Waals surface area contributed by atoms with Gasteiger partial charge < -0.3 is 10.6 Å². The topological polar surface area (TPSA) is 59.2 Å².